The molecule has 1 N–H and O–H groups in total. The zero-order valence-electron chi connectivity index (χ0n) is 13.1. The number of nitrogens with zero attached hydrogens (tertiary/aromatic N) is 3. The summed E-state index contributed by atoms with van der Waals surface area (Å²) in [6.45, 7) is 5.42. The molecule has 0 saturated carbocycles. The summed E-state index contributed by atoms with van der Waals surface area (Å²) < 4.78 is 0. The van der Waals surface area contributed by atoms with Gasteiger partial charge in [-0.05, 0) is 39.7 Å². The van der Waals surface area contributed by atoms with Gasteiger partial charge < -0.3 is 19.8 Å². The number of hydrogen-bond acceptors (Lipinski definition) is 3. The molecule has 2 fully saturated rings. The molecule has 0 radical (unpaired) electrons. The quantitative estimate of drug-likeness (QED) is 0.856. The van der Waals surface area contributed by atoms with Crippen LogP contribution in [0.5, 0.6) is 0 Å². The fraction of sp³-hybridized carbons (Fsp3) is 0.867. The molecular weight excluding hydrogens is 270 g/mol. The maximum absolute atomic E-state index is 12.8. The van der Waals surface area contributed by atoms with Gasteiger partial charge in [0.2, 0.25) is 0 Å². The number of carbonyl (C=O) groups excluding carboxylic acids is 1. The van der Waals surface area contributed by atoms with E-state index in [0.29, 0.717) is 6.42 Å². The molecule has 6 heteroatoms. The molecule has 120 valence electrons. The molecule has 2 aliphatic heterocycles. The van der Waals surface area contributed by atoms with E-state index in [1.807, 2.05) is 9.80 Å². The molecule has 0 spiro atoms. The smallest absolute Gasteiger partial charge is 0.320 e. The van der Waals surface area contributed by atoms with Crippen LogP contribution in [0.4, 0.5) is 4.79 Å². The summed E-state index contributed by atoms with van der Waals surface area (Å²) >= 11 is 0. The molecule has 2 atom stereocenters. The number of piperidine rings is 1. The fourth-order valence-electron chi connectivity index (χ4n) is 3.43. The number of amides is 2. The lowest BCUT2D eigenvalue weighted by Gasteiger charge is -2.44. The van der Waals surface area contributed by atoms with E-state index in [2.05, 4.69) is 18.9 Å². The van der Waals surface area contributed by atoms with E-state index in [-0.39, 0.29) is 24.5 Å². The van der Waals surface area contributed by atoms with Crippen molar-refractivity contribution in [2.24, 2.45) is 0 Å². The van der Waals surface area contributed by atoms with Gasteiger partial charge in [0.15, 0.2) is 0 Å². The van der Waals surface area contributed by atoms with E-state index >= 15 is 0 Å². The van der Waals surface area contributed by atoms with Gasteiger partial charge in [0.05, 0.1) is 0 Å². The van der Waals surface area contributed by atoms with Gasteiger partial charge in [-0.3, -0.25) is 4.79 Å². The van der Waals surface area contributed by atoms with Crippen molar-refractivity contribution in [2.45, 2.75) is 51.1 Å². The number of rotatable bonds is 3. The number of likely N-dealkylation sites (tertiary alicyclic amines) is 1. The third-order valence-electron chi connectivity index (χ3n) is 4.64. The van der Waals surface area contributed by atoms with Gasteiger partial charge in [-0.2, -0.15) is 0 Å². The SMILES string of the molecule is CC1CN(C)CCN1C(=O)N1CCCCC1CCC(=O)O. The first-order chi connectivity index (χ1) is 9.99. The second kappa shape index (κ2) is 7.11. The molecule has 0 aromatic heterocycles. The maximum Gasteiger partial charge on any atom is 0.320 e. The van der Waals surface area contributed by atoms with Crippen LogP contribution in [0.3, 0.4) is 0 Å². The third kappa shape index (κ3) is 4.09. The Morgan fingerprint density at radius 3 is 2.57 bits per heavy atom. The highest BCUT2D eigenvalue weighted by atomic mass is 16.4. The van der Waals surface area contributed by atoms with Crippen molar-refractivity contribution in [3.63, 3.8) is 0 Å². The Kier molecular flexibility index (Phi) is 5.45. The predicted octanol–water partition coefficient (Wildman–Crippen LogP) is 1.46. The first-order valence-corrected chi connectivity index (χ1v) is 7.96. The van der Waals surface area contributed by atoms with Crippen LogP contribution < -0.4 is 0 Å². The molecule has 2 saturated heterocycles. The van der Waals surface area contributed by atoms with Crippen molar-refractivity contribution in [1.82, 2.24) is 14.7 Å². The van der Waals surface area contributed by atoms with Crippen LogP contribution in [-0.4, -0.2) is 77.1 Å². The highest BCUT2D eigenvalue weighted by molar-refractivity contribution is 5.75. The zero-order valence-corrected chi connectivity index (χ0v) is 13.1. The van der Waals surface area contributed by atoms with Crippen LogP contribution >= 0.6 is 0 Å². The topological polar surface area (TPSA) is 64.1 Å². The number of hydrogen-bond donors (Lipinski definition) is 1. The van der Waals surface area contributed by atoms with E-state index in [0.717, 1.165) is 45.4 Å². The Balaban J connectivity index is 1.99. The lowest BCUT2D eigenvalue weighted by molar-refractivity contribution is -0.137. The molecule has 21 heavy (non-hydrogen) atoms. The van der Waals surface area contributed by atoms with Crippen molar-refractivity contribution in [3.05, 3.63) is 0 Å². The van der Waals surface area contributed by atoms with Crippen molar-refractivity contribution >= 4 is 12.0 Å². The van der Waals surface area contributed by atoms with Crippen LogP contribution in [0, 0.1) is 0 Å². The van der Waals surface area contributed by atoms with Gasteiger partial charge in [0.25, 0.3) is 0 Å². The lowest BCUT2D eigenvalue weighted by atomic mass is 9.98. The highest BCUT2D eigenvalue weighted by Crippen LogP contribution is 2.23. The van der Waals surface area contributed by atoms with Crippen LogP contribution in [-0.2, 0) is 4.79 Å². The number of carbonyl (C=O) groups is 2. The number of carboxylic acids is 1. The second-order valence-corrected chi connectivity index (χ2v) is 6.36. The van der Waals surface area contributed by atoms with Gasteiger partial charge >= 0.3 is 12.0 Å². The van der Waals surface area contributed by atoms with Crippen molar-refractivity contribution in [3.8, 4) is 0 Å². The summed E-state index contributed by atoms with van der Waals surface area (Å²) in [5.74, 6) is -0.777. The molecule has 2 amide bonds. The van der Waals surface area contributed by atoms with Gasteiger partial charge in [-0.25, -0.2) is 4.79 Å². The minimum absolute atomic E-state index is 0.0919. The average molecular weight is 297 g/mol. The Morgan fingerprint density at radius 2 is 1.90 bits per heavy atom. The molecular formula is C15H27N3O3. The molecule has 2 heterocycles. The Bertz CT molecular complexity index is 388. The first-order valence-electron chi connectivity index (χ1n) is 7.96. The molecule has 2 rings (SSSR count). The molecule has 2 aliphatic rings. The van der Waals surface area contributed by atoms with E-state index < -0.39 is 5.97 Å². The van der Waals surface area contributed by atoms with Gasteiger partial charge in [0, 0.05) is 44.7 Å². The second-order valence-electron chi connectivity index (χ2n) is 6.36. The van der Waals surface area contributed by atoms with E-state index in [1.165, 1.54) is 0 Å². The third-order valence-corrected chi connectivity index (χ3v) is 4.64. The first kappa shape index (κ1) is 16.1. The van der Waals surface area contributed by atoms with Crippen molar-refractivity contribution < 1.29 is 14.7 Å². The molecule has 6 nitrogen and oxygen atoms in total. The number of carboxylic acid groups (broad SMARTS) is 1. The number of likely N-dealkylation sites (N-methyl/N-ethyl adjacent to an activating group) is 1. The largest absolute Gasteiger partial charge is 0.481 e. The molecule has 2 unspecified atom stereocenters. The predicted molar refractivity (Wildman–Crippen MR) is 80.3 cm³/mol. The Morgan fingerprint density at radius 1 is 1.14 bits per heavy atom. The minimum atomic E-state index is -0.777. The maximum atomic E-state index is 12.8. The van der Waals surface area contributed by atoms with Crippen molar-refractivity contribution in [1.29, 1.82) is 0 Å². The molecule has 0 aromatic carbocycles. The van der Waals surface area contributed by atoms with Crippen LogP contribution in [0.2, 0.25) is 0 Å². The normalized spacial score (nSPS) is 27.7. The summed E-state index contributed by atoms with van der Waals surface area (Å²) in [4.78, 5) is 29.7. The molecule has 0 bridgehead atoms. The average Bonchev–Trinajstić information content (AvgIpc) is 2.45. The molecule has 0 aliphatic carbocycles. The Hall–Kier alpha value is -1.30. The number of piperazine rings is 1. The summed E-state index contributed by atoms with van der Waals surface area (Å²) in [5.41, 5.74) is 0. The summed E-state index contributed by atoms with van der Waals surface area (Å²) in [5, 5.41) is 8.87. The van der Waals surface area contributed by atoms with E-state index in [4.69, 9.17) is 5.11 Å². The van der Waals surface area contributed by atoms with Gasteiger partial charge in [-0.1, -0.05) is 0 Å². The summed E-state index contributed by atoms with van der Waals surface area (Å²) in [7, 11) is 2.08. The summed E-state index contributed by atoms with van der Waals surface area (Å²) in [6, 6.07) is 0.415. The van der Waals surface area contributed by atoms with E-state index in [1.54, 1.807) is 0 Å². The van der Waals surface area contributed by atoms with Crippen LogP contribution in [0.15, 0.2) is 0 Å². The standard InChI is InChI=1S/C15H27N3O3/c1-12-11-16(2)9-10-17(12)15(21)18-8-4-3-5-13(18)6-7-14(19)20/h12-13H,3-11H2,1-2H3,(H,19,20). The zero-order chi connectivity index (χ0) is 15.4. The Labute approximate surface area is 126 Å². The van der Waals surface area contributed by atoms with Crippen molar-refractivity contribution in [2.75, 3.05) is 33.2 Å². The highest BCUT2D eigenvalue weighted by Gasteiger charge is 2.33. The number of urea groups is 1. The van der Waals surface area contributed by atoms with Crippen LogP contribution in [0.1, 0.15) is 39.0 Å². The lowest BCUT2D eigenvalue weighted by Crippen LogP contribution is -2.58. The fourth-order valence-corrected chi connectivity index (χ4v) is 3.43. The van der Waals surface area contributed by atoms with E-state index in [9.17, 15) is 9.59 Å². The van der Waals surface area contributed by atoms with Crippen LogP contribution in [0.25, 0.3) is 0 Å². The minimum Gasteiger partial charge on any atom is -0.481 e. The number of aliphatic carboxylic acids is 1. The molecule has 0 aromatic rings. The summed E-state index contributed by atoms with van der Waals surface area (Å²) in [6.07, 6.45) is 3.76. The van der Waals surface area contributed by atoms with Gasteiger partial charge in [0.1, 0.15) is 0 Å². The monoisotopic (exact) mass is 297 g/mol. The van der Waals surface area contributed by atoms with Gasteiger partial charge in [-0.15, -0.1) is 0 Å².